The summed E-state index contributed by atoms with van der Waals surface area (Å²) >= 11 is 2.30. The van der Waals surface area contributed by atoms with Crippen LogP contribution in [0, 0.1) is 17.8 Å². The summed E-state index contributed by atoms with van der Waals surface area (Å²) in [4.78, 5) is 11.6. The van der Waals surface area contributed by atoms with Crippen molar-refractivity contribution < 1.29 is 37.6 Å². The van der Waals surface area contributed by atoms with Gasteiger partial charge in [-0.15, -0.1) is 0 Å². The molecule has 1 aliphatic carbocycles. The molecule has 3 saturated heterocycles. The molecule has 41 heavy (non-hydrogen) atoms. The molecule has 4 aliphatic rings. The molecule has 4 rings (SSSR count). The van der Waals surface area contributed by atoms with Crippen molar-refractivity contribution in [2.24, 2.45) is 17.8 Å². The molecule has 0 aromatic carbocycles. The van der Waals surface area contributed by atoms with Crippen LogP contribution in [0.3, 0.4) is 0 Å². The number of ether oxygens (including phenoxy) is 6. The lowest BCUT2D eigenvalue weighted by molar-refractivity contribution is -0.195. The van der Waals surface area contributed by atoms with Gasteiger partial charge in [0.1, 0.15) is 12.3 Å². The Hall–Kier alpha value is -0.330. The van der Waals surface area contributed by atoms with E-state index in [1.165, 1.54) is 7.11 Å². The predicted octanol–water partition coefficient (Wildman–Crippen LogP) is 7.08. The minimum Gasteiger partial charge on any atom is -0.469 e. The number of alkyl halides is 2. The van der Waals surface area contributed by atoms with E-state index in [1.54, 1.807) is 0 Å². The van der Waals surface area contributed by atoms with Crippen LogP contribution >= 0.6 is 22.6 Å². The second-order valence-corrected chi connectivity index (χ2v) is 13.9. The molecule has 0 amide bonds. The van der Waals surface area contributed by atoms with Gasteiger partial charge in [-0.1, -0.05) is 61.4 Å². The lowest BCUT2D eigenvalue weighted by Crippen LogP contribution is -2.37. The maximum atomic E-state index is 16.3. The highest BCUT2D eigenvalue weighted by Gasteiger charge is 2.57. The molecule has 1 saturated carbocycles. The van der Waals surface area contributed by atoms with E-state index in [2.05, 4.69) is 48.6 Å². The number of rotatable bonds is 15. The molecular formula is C32H52FIO7. The van der Waals surface area contributed by atoms with E-state index < -0.39 is 12.3 Å². The Labute approximate surface area is 260 Å². The first-order valence-corrected chi connectivity index (χ1v) is 17.4. The first kappa shape index (κ1) is 33.6. The first-order valence-electron chi connectivity index (χ1n) is 16.1. The Kier molecular flexibility index (Phi) is 14.1. The second-order valence-electron chi connectivity index (χ2n) is 12.3. The molecule has 3 heterocycles. The van der Waals surface area contributed by atoms with Crippen LogP contribution in [0.25, 0.3) is 0 Å². The molecule has 4 fully saturated rings. The highest BCUT2D eigenvalue weighted by molar-refractivity contribution is 14.1. The number of carbonyl (C=O) groups excluding carboxylic acids is 1. The van der Waals surface area contributed by atoms with Gasteiger partial charge in [-0.05, 0) is 63.7 Å². The lowest BCUT2D eigenvalue weighted by Gasteiger charge is -2.32. The molecule has 3 aliphatic heterocycles. The number of esters is 1. The summed E-state index contributed by atoms with van der Waals surface area (Å²) < 4.78 is 52.3. The third-order valence-corrected chi connectivity index (χ3v) is 10.6. The van der Waals surface area contributed by atoms with Crippen molar-refractivity contribution in [1.82, 2.24) is 0 Å². The largest absolute Gasteiger partial charge is 0.469 e. The standard InChI is InChI=1S/C32H52FIO7/c1-4-5-11-21(2)24(39-28-14-6-8-18-37-28)17-16-22-25(40-29-15-7-9-19-38-29)20-26-30(22)31(33)32(41-26)23(34)12-10-13-27(35)36-3/h16-17,21-26,28-32H,4-15,18-20H2,1-3H3/b17-16+/t21?,22-,23?,24-,25+,26+,28?,29?,30+,31?,32-/m0/s1. The van der Waals surface area contributed by atoms with Gasteiger partial charge in [0, 0.05) is 41.8 Å². The summed E-state index contributed by atoms with van der Waals surface area (Å²) in [6.45, 7) is 5.91. The van der Waals surface area contributed by atoms with Crippen LogP contribution in [0.5, 0.6) is 0 Å². The maximum absolute atomic E-state index is 16.3. The molecule has 236 valence electrons. The normalized spacial score (nSPS) is 36.2. The summed E-state index contributed by atoms with van der Waals surface area (Å²) in [6, 6.07) is 0. The molecule has 0 aromatic rings. The Morgan fingerprint density at radius 1 is 1.07 bits per heavy atom. The van der Waals surface area contributed by atoms with E-state index in [0.29, 0.717) is 38.2 Å². The van der Waals surface area contributed by atoms with Crippen molar-refractivity contribution in [2.75, 3.05) is 20.3 Å². The van der Waals surface area contributed by atoms with Crippen molar-refractivity contribution in [3.63, 3.8) is 0 Å². The van der Waals surface area contributed by atoms with Gasteiger partial charge >= 0.3 is 5.97 Å². The summed E-state index contributed by atoms with van der Waals surface area (Å²) in [5, 5.41) is 0. The van der Waals surface area contributed by atoms with Crippen LogP contribution in [0.1, 0.15) is 97.3 Å². The van der Waals surface area contributed by atoms with Gasteiger partial charge in [-0.2, -0.15) is 0 Å². The molecule has 9 heteroatoms. The van der Waals surface area contributed by atoms with E-state index in [-0.39, 0.29) is 52.6 Å². The average Bonchev–Trinajstić information content (AvgIpc) is 3.49. The van der Waals surface area contributed by atoms with Crippen LogP contribution < -0.4 is 0 Å². The quantitative estimate of drug-likeness (QED) is 0.0786. The van der Waals surface area contributed by atoms with Crippen molar-refractivity contribution >= 4 is 28.6 Å². The third kappa shape index (κ3) is 9.58. The predicted molar refractivity (Wildman–Crippen MR) is 164 cm³/mol. The molecular weight excluding hydrogens is 642 g/mol. The van der Waals surface area contributed by atoms with Crippen LogP contribution in [0.4, 0.5) is 4.39 Å². The second kappa shape index (κ2) is 17.2. The fraction of sp³-hybridized carbons (Fsp3) is 0.906. The Bertz CT molecular complexity index is 803. The minimum absolute atomic E-state index is 0.0165. The van der Waals surface area contributed by atoms with Crippen molar-refractivity contribution in [1.29, 1.82) is 0 Å². The molecule has 7 nitrogen and oxygen atoms in total. The van der Waals surface area contributed by atoms with Gasteiger partial charge in [-0.3, -0.25) is 4.79 Å². The Morgan fingerprint density at radius 2 is 1.80 bits per heavy atom. The molecule has 0 aromatic heterocycles. The highest BCUT2D eigenvalue weighted by Crippen LogP contribution is 2.49. The zero-order chi connectivity index (χ0) is 29.2. The smallest absolute Gasteiger partial charge is 0.305 e. The molecule has 0 spiro atoms. The van der Waals surface area contributed by atoms with Gasteiger partial charge < -0.3 is 28.4 Å². The fourth-order valence-corrected chi connectivity index (χ4v) is 7.80. The average molecular weight is 695 g/mol. The highest BCUT2D eigenvalue weighted by atomic mass is 127. The van der Waals surface area contributed by atoms with Gasteiger partial charge in [0.15, 0.2) is 12.6 Å². The summed E-state index contributed by atoms with van der Waals surface area (Å²) in [6.07, 6.45) is 13.7. The molecule has 0 N–H and O–H groups in total. The lowest BCUT2D eigenvalue weighted by atomic mass is 9.86. The number of fused-ring (bicyclic) bond motifs is 1. The minimum atomic E-state index is -1.10. The number of methoxy groups -OCH3 is 1. The van der Waals surface area contributed by atoms with Gasteiger partial charge in [0.05, 0.1) is 25.4 Å². The monoisotopic (exact) mass is 694 g/mol. The van der Waals surface area contributed by atoms with Crippen LogP contribution in [0.15, 0.2) is 12.2 Å². The third-order valence-electron chi connectivity index (χ3n) is 9.23. The van der Waals surface area contributed by atoms with E-state index >= 15 is 4.39 Å². The topological polar surface area (TPSA) is 72.5 Å². The Morgan fingerprint density at radius 3 is 2.46 bits per heavy atom. The van der Waals surface area contributed by atoms with Crippen LogP contribution in [-0.2, 0) is 33.2 Å². The number of hydrogen-bond donors (Lipinski definition) is 0. The first-order chi connectivity index (χ1) is 19.9. The Balaban J connectivity index is 1.48. The number of hydrogen-bond acceptors (Lipinski definition) is 7. The van der Waals surface area contributed by atoms with Crippen molar-refractivity contribution in [2.45, 2.75) is 144 Å². The van der Waals surface area contributed by atoms with Gasteiger partial charge in [-0.25, -0.2) is 4.39 Å². The van der Waals surface area contributed by atoms with Crippen LogP contribution in [-0.4, -0.2) is 73.4 Å². The summed E-state index contributed by atoms with van der Waals surface area (Å²) in [5.74, 6) is -0.299. The number of carbonyl (C=O) groups is 1. The van der Waals surface area contributed by atoms with Crippen LogP contribution in [0.2, 0.25) is 0 Å². The molecule has 5 unspecified atom stereocenters. The number of unbranched alkanes of at least 4 members (excludes halogenated alkanes) is 1. The number of halogens is 2. The zero-order valence-electron chi connectivity index (χ0n) is 25.2. The summed E-state index contributed by atoms with van der Waals surface area (Å²) in [7, 11) is 1.40. The molecule has 0 radical (unpaired) electrons. The maximum Gasteiger partial charge on any atom is 0.305 e. The van der Waals surface area contributed by atoms with Gasteiger partial charge in [0.2, 0.25) is 0 Å². The fourth-order valence-electron chi connectivity index (χ4n) is 6.79. The summed E-state index contributed by atoms with van der Waals surface area (Å²) in [5.41, 5.74) is 0. The molecule has 11 atom stereocenters. The van der Waals surface area contributed by atoms with E-state index in [0.717, 1.165) is 64.4 Å². The van der Waals surface area contributed by atoms with E-state index in [1.807, 2.05) is 0 Å². The van der Waals surface area contributed by atoms with Crippen molar-refractivity contribution in [3.05, 3.63) is 12.2 Å². The SMILES string of the molecule is CCCCC(C)[C@H](/C=C/[C@@H]1[C@H]2C(F)[C@H](C(I)CCCC(=O)OC)O[C@@H]2C[C@H]1OC1CCCCO1)OC1CCCCO1. The van der Waals surface area contributed by atoms with E-state index in [9.17, 15) is 4.79 Å². The van der Waals surface area contributed by atoms with Crippen molar-refractivity contribution in [3.8, 4) is 0 Å². The molecule has 0 bridgehead atoms. The van der Waals surface area contributed by atoms with Gasteiger partial charge in [0.25, 0.3) is 0 Å². The zero-order valence-corrected chi connectivity index (χ0v) is 27.4. The van der Waals surface area contributed by atoms with E-state index in [4.69, 9.17) is 28.4 Å².